The summed E-state index contributed by atoms with van der Waals surface area (Å²) in [4.78, 5) is 48.6. The zero-order valence-corrected chi connectivity index (χ0v) is 20.8. The summed E-state index contributed by atoms with van der Waals surface area (Å²) in [7, 11) is 0. The van der Waals surface area contributed by atoms with Gasteiger partial charge in [-0.15, -0.1) is 0 Å². The molecule has 3 aromatic carbocycles. The molecule has 4 rings (SSSR count). The minimum Gasteiger partial charge on any atom is -0.332 e. The highest BCUT2D eigenvalue weighted by molar-refractivity contribution is 6.15. The Hall–Kier alpha value is -5.10. The summed E-state index contributed by atoms with van der Waals surface area (Å²) >= 11 is 0. The number of nitro benzene ring substituents is 2. The third-order valence-electron chi connectivity index (χ3n) is 6.25. The lowest BCUT2D eigenvalue weighted by Crippen LogP contribution is -2.49. The van der Waals surface area contributed by atoms with E-state index < -0.39 is 50.6 Å². The number of carbonyl (C=O) groups is 2. The van der Waals surface area contributed by atoms with Crippen molar-refractivity contribution in [3.63, 3.8) is 0 Å². The minimum absolute atomic E-state index is 0.0512. The third-order valence-corrected chi connectivity index (χ3v) is 6.25. The molecule has 0 saturated carbocycles. The summed E-state index contributed by atoms with van der Waals surface area (Å²) in [5.41, 5.74) is 5.85. The van der Waals surface area contributed by atoms with Crippen LogP contribution in [-0.2, 0) is 16.0 Å². The second-order valence-electron chi connectivity index (χ2n) is 9.09. The predicted molar refractivity (Wildman–Crippen MR) is 142 cm³/mol. The topological polar surface area (TPSA) is 150 Å². The number of carbonyl (C=O) groups excluding carboxylic acids is 2. The maximum atomic E-state index is 13.9. The Bertz CT molecular complexity index is 1490. The van der Waals surface area contributed by atoms with Crippen molar-refractivity contribution in [2.75, 3.05) is 13.1 Å². The predicted octanol–water partition coefficient (Wildman–Crippen LogP) is 4.23. The molecule has 0 aliphatic carbocycles. The lowest BCUT2D eigenvalue weighted by molar-refractivity contribution is -0.387. The Morgan fingerprint density at radius 2 is 1.35 bits per heavy atom. The van der Waals surface area contributed by atoms with Gasteiger partial charge < -0.3 is 10.6 Å². The van der Waals surface area contributed by atoms with Crippen molar-refractivity contribution in [3.05, 3.63) is 126 Å². The van der Waals surface area contributed by atoms with Crippen molar-refractivity contribution >= 4 is 35.2 Å². The van der Waals surface area contributed by atoms with Gasteiger partial charge in [0.05, 0.1) is 15.9 Å². The fourth-order valence-electron chi connectivity index (χ4n) is 4.31. The van der Waals surface area contributed by atoms with E-state index in [1.807, 2.05) is 18.2 Å². The lowest BCUT2D eigenvalue weighted by atomic mass is 9.93. The molecule has 1 amide bonds. The molecule has 0 unspecified atom stereocenters. The van der Waals surface area contributed by atoms with E-state index in [1.165, 1.54) is 29.2 Å². The van der Waals surface area contributed by atoms with E-state index in [4.69, 9.17) is 5.73 Å². The summed E-state index contributed by atoms with van der Waals surface area (Å²) in [5, 5.41) is 22.4. The molecule has 1 saturated heterocycles. The monoisotopic (exact) mass is 548 g/mol. The van der Waals surface area contributed by atoms with Gasteiger partial charge in [0.15, 0.2) is 5.78 Å². The fourth-order valence-corrected chi connectivity index (χ4v) is 4.31. The summed E-state index contributed by atoms with van der Waals surface area (Å²) in [6.07, 6.45) is 2.83. The summed E-state index contributed by atoms with van der Waals surface area (Å²) in [5.74, 6) is -3.13. The molecular formula is C28H22F2N4O6. The molecule has 12 heteroatoms. The number of nitro groups is 2. The number of rotatable bonds is 7. The van der Waals surface area contributed by atoms with Crippen molar-refractivity contribution in [2.24, 2.45) is 5.73 Å². The number of benzene rings is 3. The zero-order chi connectivity index (χ0) is 29.0. The van der Waals surface area contributed by atoms with Crippen LogP contribution in [0.1, 0.15) is 16.7 Å². The van der Waals surface area contributed by atoms with Crippen molar-refractivity contribution in [1.82, 2.24) is 4.90 Å². The molecule has 1 aliphatic rings. The van der Waals surface area contributed by atoms with Crippen LogP contribution in [0, 0.1) is 31.9 Å². The van der Waals surface area contributed by atoms with Crippen LogP contribution in [0.25, 0.3) is 12.2 Å². The smallest absolute Gasteiger partial charge is 0.305 e. The van der Waals surface area contributed by atoms with Gasteiger partial charge in [0.1, 0.15) is 0 Å². The number of amides is 1. The lowest BCUT2D eigenvalue weighted by Gasteiger charge is -2.32. The summed E-state index contributed by atoms with van der Waals surface area (Å²) in [6, 6.07) is 14.3. The standard InChI is InChI=1S/C28H22F2N4O6/c29-22-8-6-18(13-25(22)33(37)38)10-20-15-32(28(36)24(31)12-17-4-2-1-3-5-17)16-21(27(20)35)11-19-7-9-23(30)26(14-19)34(39)40/h1-11,13-14,24H,12,15-16,31H2/b20-10+,21-11+/t24-/m0/s1. The maximum absolute atomic E-state index is 13.9. The maximum Gasteiger partial charge on any atom is 0.305 e. The first-order chi connectivity index (χ1) is 19.0. The van der Waals surface area contributed by atoms with Crippen LogP contribution in [0.2, 0.25) is 0 Å². The Balaban J connectivity index is 1.73. The van der Waals surface area contributed by atoms with Crippen LogP contribution < -0.4 is 5.73 Å². The SMILES string of the molecule is N[C@@H](Cc1ccccc1)C(=O)N1C/C(=C\c2ccc(F)c([N+](=O)[O-])c2)C(=O)/C(=C/c2ccc(F)c([N+](=O)[O-])c2)C1. The molecule has 0 aromatic heterocycles. The van der Waals surface area contributed by atoms with Crippen LogP contribution in [0.4, 0.5) is 20.2 Å². The number of likely N-dealkylation sites (tertiary alicyclic amines) is 1. The van der Waals surface area contributed by atoms with Gasteiger partial charge in [-0.25, -0.2) is 0 Å². The van der Waals surface area contributed by atoms with E-state index in [0.29, 0.717) is 0 Å². The van der Waals surface area contributed by atoms with Gasteiger partial charge in [-0.1, -0.05) is 42.5 Å². The molecule has 1 heterocycles. The summed E-state index contributed by atoms with van der Waals surface area (Å²) in [6.45, 7) is -0.377. The molecule has 204 valence electrons. The first-order valence-corrected chi connectivity index (χ1v) is 12.0. The number of nitrogens with two attached hydrogens (primary N) is 1. The van der Waals surface area contributed by atoms with Gasteiger partial charge >= 0.3 is 11.4 Å². The van der Waals surface area contributed by atoms with Gasteiger partial charge in [-0.3, -0.25) is 29.8 Å². The molecular weight excluding hydrogens is 526 g/mol. The van der Waals surface area contributed by atoms with Crippen LogP contribution in [0.3, 0.4) is 0 Å². The Labute approximate surface area is 226 Å². The van der Waals surface area contributed by atoms with Crippen molar-refractivity contribution in [3.8, 4) is 0 Å². The second-order valence-corrected chi connectivity index (χ2v) is 9.09. The average molecular weight is 549 g/mol. The molecule has 2 N–H and O–H groups in total. The zero-order valence-electron chi connectivity index (χ0n) is 20.8. The first kappa shape index (κ1) is 27.9. The highest BCUT2D eigenvalue weighted by Gasteiger charge is 2.32. The Kier molecular flexibility index (Phi) is 8.20. The van der Waals surface area contributed by atoms with E-state index in [1.54, 1.807) is 12.1 Å². The van der Waals surface area contributed by atoms with Crippen LogP contribution in [0.15, 0.2) is 77.9 Å². The number of halogens is 2. The normalized spacial score (nSPS) is 16.3. The second kappa shape index (κ2) is 11.7. The Morgan fingerprint density at radius 3 is 1.80 bits per heavy atom. The molecule has 10 nitrogen and oxygen atoms in total. The quantitative estimate of drug-likeness (QED) is 0.264. The van der Waals surface area contributed by atoms with E-state index in [-0.39, 0.29) is 41.8 Å². The Morgan fingerprint density at radius 1 is 0.875 bits per heavy atom. The van der Waals surface area contributed by atoms with Gasteiger partial charge in [-0.05, 0) is 47.4 Å². The highest BCUT2D eigenvalue weighted by atomic mass is 19.1. The van der Waals surface area contributed by atoms with Gasteiger partial charge in [0.25, 0.3) is 0 Å². The van der Waals surface area contributed by atoms with E-state index in [0.717, 1.165) is 29.8 Å². The van der Waals surface area contributed by atoms with Gasteiger partial charge in [-0.2, -0.15) is 8.78 Å². The molecule has 1 aliphatic heterocycles. The molecule has 3 aromatic rings. The first-order valence-electron chi connectivity index (χ1n) is 12.0. The van der Waals surface area contributed by atoms with Crippen LogP contribution in [-0.4, -0.2) is 45.6 Å². The van der Waals surface area contributed by atoms with Crippen LogP contribution in [0.5, 0.6) is 0 Å². The largest absolute Gasteiger partial charge is 0.332 e. The highest BCUT2D eigenvalue weighted by Crippen LogP contribution is 2.27. The van der Waals surface area contributed by atoms with Crippen LogP contribution >= 0.6 is 0 Å². The minimum atomic E-state index is -1.05. The van der Waals surface area contributed by atoms with Gasteiger partial charge in [0, 0.05) is 36.4 Å². The van der Waals surface area contributed by atoms with E-state index >= 15 is 0 Å². The van der Waals surface area contributed by atoms with Crippen molar-refractivity contribution < 1.29 is 28.2 Å². The van der Waals surface area contributed by atoms with Crippen molar-refractivity contribution in [1.29, 1.82) is 0 Å². The number of piperidine rings is 1. The average Bonchev–Trinajstić information content (AvgIpc) is 2.92. The number of hydrogen-bond donors (Lipinski definition) is 1. The number of Topliss-reactive ketones (excluding diaryl/α,β-unsaturated/α-hetero) is 1. The summed E-state index contributed by atoms with van der Waals surface area (Å²) < 4.78 is 27.7. The van der Waals surface area contributed by atoms with E-state index in [2.05, 4.69) is 0 Å². The number of ketones is 1. The molecule has 0 bridgehead atoms. The molecule has 1 atom stereocenters. The van der Waals surface area contributed by atoms with Crippen molar-refractivity contribution in [2.45, 2.75) is 12.5 Å². The molecule has 40 heavy (non-hydrogen) atoms. The van der Waals surface area contributed by atoms with Gasteiger partial charge in [0.2, 0.25) is 17.5 Å². The van der Waals surface area contributed by atoms with E-state index in [9.17, 15) is 38.6 Å². The molecule has 0 spiro atoms. The number of nitrogens with zero attached hydrogens (tertiary/aromatic N) is 3. The molecule has 1 fully saturated rings. The molecule has 0 radical (unpaired) electrons. The third kappa shape index (κ3) is 6.30. The fraction of sp³-hybridized carbons (Fsp3) is 0.143. The number of hydrogen-bond acceptors (Lipinski definition) is 7.